The minimum atomic E-state index is -0.547. The highest BCUT2D eigenvalue weighted by molar-refractivity contribution is 5.81. The molecule has 1 aliphatic rings. The van der Waals surface area contributed by atoms with Gasteiger partial charge in [-0.25, -0.2) is 4.79 Å². The number of furan rings is 1. The Morgan fingerprint density at radius 1 is 1.53 bits per heavy atom. The van der Waals surface area contributed by atoms with Crippen molar-refractivity contribution >= 4 is 5.97 Å². The molecule has 0 saturated heterocycles. The lowest BCUT2D eigenvalue weighted by Crippen LogP contribution is -2.28. The number of carbonyl (C=O) groups excluding carboxylic acids is 1. The van der Waals surface area contributed by atoms with Gasteiger partial charge in [0.15, 0.2) is 5.60 Å². The molecular formula is C12H14O3. The number of carbonyl (C=O) groups is 1. The van der Waals surface area contributed by atoms with Crippen LogP contribution in [0.4, 0.5) is 0 Å². The summed E-state index contributed by atoms with van der Waals surface area (Å²) in [4.78, 5) is 11.3. The Balaban J connectivity index is 2.24. The topological polar surface area (TPSA) is 39.4 Å². The standard InChI is InChI=1S/C12H14O3/c1-2-11(13)15-12(7-3-4-8-12)10-6-5-9-14-10/h2,5-6,9H,1,3-4,7-8H2. The van der Waals surface area contributed by atoms with E-state index in [1.165, 1.54) is 6.08 Å². The summed E-state index contributed by atoms with van der Waals surface area (Å²) >= 11 is 0. The predicted molar refractivity (Wildman–Crippen MR) is 55.1 cm³/mol. The smallest absolute Gasteiger partial charge is 0.331 e. The molecule has 0 radical (unpaired) electrons. The van der Waals surface area contributed by atoms with Crippen molar-refractivity contribution in [2.75, 3.05) is 0 Å². The van der Waals surface area contributed by atoms with E-state index in [9.17, 15) is 4.79 Å². The lowest BCUT2D eigenvalue weighted by atomic mass is 9.99. The molecule has 3 nitrogen and oxygen atoms in total. The van der Waals surface area contributed by atoms with Crippen LogP contribution in [0.3, 0.4) is 0 Å². The second-order valence-electron chi connectivity index (χ2n) is 3.80. The van der Waals surface area contributed by atoms with Crippen molar-refractivity contribution in [3.63, 3.8) is 0 Å². The van der Waals surface area contributed by atoms with Gasteiger partial charge in [0.2, 0.25) is 0 Å². The maximum Gasteiger partial charge on any atom is 0.331 e. The van der Waals surface area contributed by atoms with Gasteiger partial charge in [-0.05, 0) is 37.8 Å². The Morgan fingerprint density at radius 3 is 2.80 bits per heavy atom. The molecule has 0 N–H and O–H groups in total. The Bertz CT molecular complexity index is 345. The molecular weight excluding hydrogens is 192 g/mol. The van der Waals surface area contributed by atoms with E-state index >= 15 is 0 Å². The molecule has 15 heavy (non-hydrogen) atoms. The zero-order chi connectivity index (χ0) is 10.7. The molecule has 0 atom stereocenters. The average Bonchev–Trinajstić information content (AvgIpc) is 2.87. The molecule has 1 aromatic heterocycles. The van der Waals surface area contributed by atoms with Crippen LogP contribution >= 0.6 is 0 Å². The van der Waals surface area contributed by atoms with Gasteiger partial charge in [-0.3, -0.25) is 0 Å². The molecule has 1 aliphatic carbocycles. The highest BCUT2D eigenvalue weighted by Gasteiger charge is 2.41. The second-order valence-corrected chi connectivity index (χ2v) is 3.80. The lowest BCUT2D eigenvalue weighted by Gasteiger charge is -2.26. The molecule has 1 aromatic rings. The van der Waals surface area contributed by atoms with Gasteiger partial charge >= 0.3 is 5.97 Å². The average molecular weight is 206 g/mol. The van der Waals surface area contributed by atoms with Crippen LogP contribution in [0.5, 0.6) is 0 Å². The van der Waals surface area contributed by atoms with Crippen molar-refractivity contribution < 1.29 is 13.9 Å². The van der Waals surface area contributed by atoms with Crippen molar-refractivity contribution in [2.24, 2.45) is 0 Å². The number of ether oxygens (including phenoxy) is 1. The van der Waals surface area contributed by atoms with Gasteiger partial charge in [-0.2, -0.15) is 0 Å². The van der Waals surface area contributed by atoms with Crippen LogP contribution in [0.25, 0.3) is 0 Å². The molecule has 2 rings (SSSR count). The minimum absolute atomic E-state index is 0.381. The minimum Gasteiger partial charge on any atom is -0.465 e. The van der Waals surface area contributed by atoms with E-state index in [0.29, 0.717) is 0 Å². The van der Waals surface area contributed by atoms with Crippen LogP contribution < -0.4 is 0 Å². The van der Waals surface area contributed by atoms with Crippen LogP contribution in [-0.2, 0) is 15.1 Å². The zero-order valence-electron chi connectivity index (χ0n) is 8.57. The molecule has 1 heterocycles. The van der Waals surface area contributed by atoms with Crippen molar-refractivity contribution in [1.82, 2.24) is 0 Å². The Labute approximate surface area is 88.7 Å². The Hall–Kier alpha value is -1.51. The zero-order valence-corrected chi connectivity index (χ0v) is 8.57. The Morgan fingerprint density at radius 2 is 2.27 bits per heavy atom. The molecule has 0 amide bonds. The van der Waals surface area contributed by atoms with Crippen LogP contribution in [0, 0.1) is 0 Å². The van der Waals surface area contributed by atoms with Crippen molar-refractivity contribution in [2.45, 2.75) is 31.3 Å². The van der Waals surface area contributed by atoms with Crippen LogP contribution in [0.1, 0.15) is 31.4 Å². The fraction of sp³-hybridized carbons (Fsp3) is 0.417. The summed E-state index contributed by atoms with van der Waals surface area (Å²) in [5, 5.41) is 0. The van der Waals surface area contributed by atoms with Crippen molar-refractivity contribution in [3.8, 4) is 0 Å². The number of hydrogen-bond acceptors (Lipinski definition) is 3. The molecule has 0 spiro atoms. The van der Waals surface area contributed by atoms with Crippen molar-refractivity contribution in [1.29, 1.82) is 0 Å². The van der Waals surface area contributed by atoms with E-state index < -0.39 is 5.60 Å². The number of hydrogen-bond donors (Lipinski definition) is 0. The third-order valence-corrected chi connectivity index (χ3v) is 2.84. The molecule has 1 saturated carbocycles. The van der Waals surface area contributed by atoms with Gasteiger partial charge in [0.25, 0.3) is 0 Å². The van der Waals surface area contributed by atoms with Gasteiger partial charge in [-0.1, -0.05) is 6.58 Å². The lowest BCUT2D eigenvalue weighted by molar-refractivity contribution is -0.156. The highest BCUT2D eigenvalue weighted by Crippen LogP contribution is 2.42. The molecule has 0 unspecified atom stereocenters. The summed E-state index contributed by atoms with van der Waals surface area (Å²) in [5.41, 5.74) is -0.547. The van der Waals surface area contributed by atoms with Gasteiger partial charge < -0.3 is 9.15 Å². The third-order valence-electron chi connectivity index (χ3n) is 2.84. The number of rotatable bonds is 3. The van der Waals surface area contributed by atoms with E-state index in [0.717, 1.165) is 31.4 Å². The van der Waals surface area contributed by atoms with E-state index in [1.54, 1.807) is 6.26 Å². The maximum absolute atomic E-state index is 11.3. The fourth-order valence-electron chi connectivity index (χ4n) is 2.12. The summed E-state index contributed by atoms with van der Waals surface area (Å²) < 4.78 is 10.8. The summed E-state index contributed by atoms with van der Waals surface area (Å²) in [6, 6.07) is 3.68. The molecule has 0 aliphatic heterocycles. The van der Waals surface area contributed by atoms with E-state index in [2.05, 4.69) is 6.58 Å². The van der Waals surface area contributed by atoms with E-state index in [4.69, 9.17) is 9.15 Å². The first kappa shape index (κ1) is 10.0. The van der Waals surface area contributed by atoms with Crippen LogP contribution in [0.15, 0.2) is 35.5 Å². The van der Waals surface area contributed by atoms with Crippen LogP contribution in [0.2, 0.25) is 0 Å². The summed E-state index contributed by atoms with van der Waals surface area (Å²) in [7, 11) is 0. The van der Waals surface area contributed by atoms with Crippen LogP contribution in [-0.4, -0.2) is 5.97 Å². The third kappa shape index (κ3) is 1.82. The highest BCUT2D eigenvalue weighted by atomic mass is 16.6. The van der Waals surface area contributed by atoms with Gasteiger partial charge in [-0.15, -0.1) is 0 Å². The second kappa shape index (κ2) is 3.93. The van der Waals surface area contributed by atoms with E-state index in [1.807, 2.05) is 12.1 Å². The first-order valence-electron chi connectivity index (χ1n) is 5.16. The maximum atomic E-state index is 11.3. The monoisotopic (exact) mass is 206 g/mol. The number of esters is 1. The molecule has 80 valence electrons. The first-order valence-corrected chi connectivity index (χ1v) is 5.16. The summed E-state index contributed by atoms with van der Waals surface area (Å²) in [6.45, 7) is 3.41. The normalized spacial score (nSPS) is 18.7. The van der Waals surface area contributed by atoms with Gasteiger partial charge in [0.05, 0.1) is 6.26 Å². The molecule has 3 heteroatoms. The molecule has 0 bridgehead atoms. The van der Waals surface area contributed by atoms with Crippen molar-refractivity contribution in [3.05, 3.63) is 36.8 Å². The molecule has 0 aromatic carbocycles. The first-order chi connectivity index (χ1) is 7.27. The molecule has 1 fully saturated rings. The SMILES string of the molecule is C=CC(=O)OC1(c2ccco2)CCCC1. The summed E-state index contributed by atoms with van der Waals surface area (Å²) in [5.74, 6) is 0.364. The largest absolute Gasteiger partial charge is 0.465 e. The summed E-state index contributed by atoms with van der Waals surface area (Å²) in [6.07, 6.45) is 6.59. The predicted octanol–water partition coefficient (Wildman–Crippen LogP) is 2.78. The van der Waals surface area contributed by atoms with E-state index in [-0.39, 0.29) is 5.97 Å². The fourth-order valence-corrected chi connectivity index (χ4v) is 2.12. The quantitative estimate of drug-likeness (QED) is 0.564. The Kier molecular flexibility index (Phi) is 2.62. The van der Waals surface area contributed by atoms with Gasteiger partial charge in [0.1, 0.15) is 5.76 Å². The van der Waals surface area contributed by atoms with Gasteiger partial charge in [0, 0.05) is 6.08 Å².